The molecule has 1 aromatic carbocycles. The molecule has 0 spiro atoms. The van der Waals surface area contributed by atoms with Crippen molar-refractivity contribution in [3.05, 3.63) is 44.4 Å². The molecule has 1 rings (SSSR count). The summed E-state index contributed by atoms with van der Waals surface area (Å²) in [4.78, 5) is 10.5. The molecule has 0 radical (unpaired) electrons. The van der Waals surface area contributed by atoms with E-state index < -0.39 is 0 Å². The molecule has 0 aliphatic carbocycles. The number of nitro benzene ring substituents is 1. The first-order valence-corrected chi connectivity index (χ1v) is 6.44. The molecule has 0 saturated heterocycles. The van der Waals surface area contributed by atoms with Gasteiger partial charge in [-0.2, -0.15) is 0 Å². The monoisotopic (exact) mass is 312 g/mol. The minimum atomic E-state index is -0.373. The summed E-state index contributed by atoms with van der Waals surface area (Å²) in [5.74, 6) is 0. The van der Waals surface area contributed by atoms with Crippen LogP contribution in [0.25, 0.3) is 6.08 Å². The third kappa shape index (κ3) is 4.98. The minimum Gasteiger partial charge on any atom is -0.309 e. The predicted molar refractivity (Wildman–Crippen MR) is 77.6 cm³/mol. The number of hydrogen-bond acceptors (Lipinski definition) is 3. The lowest BCUT2D eigenvalue weighted by Gasteiger charge is -2.18. The Bertz CT molecular complexity index is 465. The van der Waals surface area contributed by atoms with Crippen LogP contribution >= 0.6 is 15.9 Å². The van der Waals surface area contributed by atoms with Crippen molar-refractivity contribution in [1.29, 1.82) is 0 Å². The Morgan fingerprint density at radius 2 is 2.11 bits per heavy atom. The molecule has 0 bridgehead atoms. The van der Waals surface area contributed by atoms with Crippen LogP contribution in [0.2, 0.25) is 0 Å². The molecule has 0 atom stereocenters. The van der Waals surface area contributed by atoms with E-state index in [1.54, 1.807) is 18.2 Å². The number of benzene rings is 1. The number of rotatable bonds is 4. The van der Waals surface area contributed by atoms with Crippen molar-refractivity contribution in [2.75, 3.05) is 6.54 Å². The second-order valence-corrected chi connectivity index (χ2v) is 5.91. The predicted octanol–water partition coefficient (Wildman–Crippen LogP) is 3.76. The average molecular weight is 313 g/mol. The quantitative estimate of drug-likeness (QED) is 0.680. The highest BCUT2D eigenvalue weighted by molar-refractivity contribution is 9.10. The van der Waals surface area contributed by atoms with Crippen LogP contribution in [0.15, 0.2) is 28.7 Å². The second kappa shape index (κ2) is 6.11. The molecule has 1 aromatic rings. The first-order valence-electron chi connectivity index (χ1n) is 5.65. The highest BCUT2D eigenvalue weighted by Crippen LogP contribution is 2.24. The normalized spacial score (nSPS) is 12.0. The summed E-state index contributed by atoms with van der Waals surface area (Å²) >= 11 is 3.23. The molecular weight excluding hydrogens is 296 g/mol. The van der Waals surface area contributed by atoms with Crippen LogP contribution in [0.1, 0.15) is 26.3 Å². The van der Waals surface area contributed by atoms with Gasteiger partial charge in [0.25, 0.3) is 5.69 Å². The van der Waals surface area contributed by atoms with Crippen LogP contribution < -0.4 is 5.32 Å². The smallest absolute Gasteiger partial charge is 0.277 e. The fourth-order valence-corrected chi connectivity index (χ4v) is 1.72. The van der Waals surface area contributed by atoms with E-state index in [0.717, 1.165) is 0 Å². The zero-order valence-electron chi connectivity index (χ0n) is 10.7. The standard InChI is InChI=1S/C13H17BrN2O2/c1-13(2,3)15-8-4-5-10-6-7-11(14)9-12(10)16(17)18/h4-7,9,15H,8H2,1-3H3/b5-4+. The van der Waals surface area contributed by atoms with E-state index in [2.05, 4.69) is 42.0 Å². The summed E-state index contributed by atoms with van der Waals surface area (Å²) in [6.07, 6.45) is 3.66. The Hall–Kier alpha value is -1.20. The van der Waals surface area contributed by atoms with Gasteiger partial charge in [-0.15, -0.1) is 0 Å². The van der Waals surface area contributed by atoms with Gasteiger partial charge in [0.2, 0.25) is 0 Å². The highest BCUT2D eigenvalue weighted by Gasteiger charge is 2.11. The average Bonchev–Trinajstić information content (AvgIpc) is 2.24. The van der Waals surface area contributed by atoms with Crippen LogP contribution in [0.3, 0.4) is 0 Å². The van der Waals surface area contributed by atoms with Crippen LogP contribution in [0.5, 0.6) is 0 Å². The van der Waals surface area contributed by atoms with Crippen molar-refractivity contribution in [1.82, 2.24) is 5.32 Å². The van der Waals surface area contributed by atoms with Crippen molar-refractivity contribution < 1.29 is 4.92 Å². The molecule has 18 heavy (non-hydrogen) atoms. The maximum Gasteiger partial charge on any atom is 0.277 e. The maximum absolute atomic E-state index is 10.9. The van der Waals surface area contributed by atoms with E-state index in [1.807, 2.05) is 6.08 Å². The summed E-state index contributed by atoms with van der Waals surface area (Å²) in [5, 5.41) is 14.2. The lowest BCUT2D eigenvalue weighted by Crippen LogP contribution is -2.35. The lowest BCUT2D eigenvalue weighted by molar-refractivity contribution is -0.385. The molecule has 0 amide bonds. The molecule has 98 valence electrons. The van der Waals surface area contributed by atoms with E-state index in [0.29, 0.717) is 16.6 Å². The van der Waals surface area contributed by atoms with E-state index in [1.165, 1.54) is 6.07 Å². The first-order chi connectivity index (χ1) is 8.29. The highest BCUT2D eigenvalue weighted by atomic mass is 79.9. The van der Waals surface area contributed by atoms with Crippen LogP contribution in [-0.4, -0.2) is 17.0 Å². The van der Waals surface area contributed by atoms with Gasteiger partial charge in [0.1, 0.15) is 0 Å². The summed E-state index contributed by atoms with van der Waals surface area (Å²) in [5.41, 5.74) is 0.756. The lowest BCUT2D eigenvalue weighted by atomic mass is 10.1. The van der Waals surface area contributed by atoms with Gasteiger partial charge in [-0.05, 0) is 32.9 Å². The largest absolute Gasteiger partial charge is 0.309 e. The van der Waals surface area contributed by atoms with E-state index in [9.17, 15) is 10.1 Å². The number of halogens is 1. The fraction of sp³-hybridized carbons (Fsp3) is 0.385. The molecule has 5 heteroatoms. The van der Waals surface area contributed by atoms with Gasteiger partial charge in [-0.3, -0.25) is 10.1 Å². The Morgan fingerprint density at radius 3 is 2.67 bits per heavy atom. The van der Waals surface area contributed by atoms with Gasteiger partial charge in [-0.1, -0.05) is 28.1 Å². The molecule has 0 aliphatic rings. The SMILES string of the molecule is CC(C)(C)NC/C=C/c1ccc(Br)cc1[N+](=O)[O-]. The summed E-state index contributed by atoms with van der Waals surface area (Å²) < 4.78 is 0.708. The molecule has 0 heterocycles. The Morgan fingerprint density at radius 1 is 1.44 bits per heavy atom. The van der Waals surface area contributed by atoms with Crippen molar-refractivity contribution in [3.8, 4) is 0 Å². The zero-order valence-corrected chi connectivity index (χ0v) is 12.3. The first kappa shape index (κ1) is 14.9. The number of nitrogens with one attached hydrogen (secondary N) is 1. The minimum absolute atomic E-state index is 0.0377. The van der Waals surface area contributed by atoms with Gasteiger partial charge in [-0.25, -0.2) is 0 Å². The number of nitro groups is 1. The summed E-state index contributed by atoms with van der Waals surface area (Å²) in [7, 11) is 0. The third-order valence-corrected chi connectivity index (χ3v) is 2.73. The third-order valence-electron chi connectivity index (χ3n) is 2.24. The fourth-order valence-electron chi connectivity index (χ4n) is 1.37. The Balaban J connectivity index is 2.78. The van der Waals surface area contributed by atoms with Gasteiger partial charge >= 0.3 is 0 Å². The van der Waals surface area contributed by atoms with E-state index in [4.69, 9.17) is 0 Å². The van der Waals surface area contributed by atoms with Crippen molar-refractivity contribution in [3.63, 3.8) is 0 Å². The van der Waals surface area contributed by atoms with Gasteiger partial charge in [0.15, 0.2) is 0 Å². The van der Waals surface area contributed by atoms with E-state index >= 15 is 0 Å². The Kier molecular flexibility index (Phi) is 5.04. The van der Waals surface area contributed by atoms with Crippen LogP contribution in [0, 0.1) is 10.1 Å². The van der Waals surface area contributed by atoms with Crippen LogP contribution in [0.4, 0.5) is 5.69 Å². The number of nitrogens with zero attached hydrogens (tertiary/aromatic N) is 1. The Labute approximate surface area is 115 Å². The molecule has 0 aliphatic heterocycles. The van der Waals surface area contributed by atoms with Crippen LogP contribution in [-0.2, 0) is 0 Å². The van der Waals surface area contributed by atoms with E-state index in [-0.39, 0.29) is 16.1 Å². The number of hydrogen-bond donors (Lipinski definition) is 1. The van der Waals surface area contributed by atoms with Crippen molar-refractivity contribution >= 4 is 27.7 Å². The molecule has 0 unspecified atom stereocenters. The maximum atomic E-state index is 10.9. The van der Waals surface area contributed by atoms with Crippen molar-refractivity contribution in [2.24, 2.45) is 0 Å². The molecule has 4 nitrogen and oxygen atoms in total. The van der Waals surface area contributed by atoms with Gasteiger partial charge < -0.3 is 5.32 Å². The molecule has 0 fully saturated rings. The molecule has 1 N–H and O–H groups in total. The topological polar surface area (TPSA) is 55.2 Å². The molecule has 0 aromatic heterocycles. The van der Waals surface area contributed by atoms with Gasteiger partial charge in [0, 0.05) is 22.6 Å². The summed E-state index contributed by atoms with van der Waals surface area (Å²) in [6, 6.07) is 5.04. The van der Waals surface area contributed by atoms with Gasteiger partial charge in [0.05, 0.1) is 10.5 Å². The molecule has 0 saturated carbocycles. The zero-order chi connectivity index (χ0) is 13.8. The molecular formula is C13H17BrN2O2. The second-order valence-electron chi connectivity index (χ2n) is 4.99. The van der Waals surface area contributed by atoms with Crippen molar-refractivity contribution in [2.45, 2.75) is 26.3 Å². The summed E-state index contributed by atoms with van der Waals surface area (Å²) in [6.45, 7) is 6.89.